The van der Waals surface area contributed by atoms with Crippen molar-refractivity contribution in [2.24, 2.45) is 0 Å². The van der Waals surface area contributed by atoms with E-state index in [0.717, 1.165) is 39.9 Å². The van der Waals surface area contributed by atoms with Crippen LogP contribution in [0.25, 0.3) is 10.9 Å². The highest BCUT2D eigenvalue weighted by atomic mass is 16.5. The van der Waals surface area contributed by atoms with Crippen LogP contribution >= 0.6 is 0 Å². The van der Waals surface area contributed by atoms with Crippen molar-refractivity contribution in [1.82, 2.24) is 15.5 Å². The number of carbonyl (C=O) groups excluding carboxylic acids is 1. The summed E-state index contributed by atoms with van der Waals surface area (Å²) < 4.78 is 11.6. The number of nitrogens with zero attached hydrogens (tertiary/aromatic N) is 1. The predicted octanol–water partition coefficient (Wildman–Crippen LogP) is 3.22. The molecule has 0 unspecified atom stereocenters. The summed E-state index contributed by atoms with van der Waals surface area (Å²) in [5, 5.41) is 10.8. The van der Waals surface area contributed by atoms with Crippen molar-refractivity contribution >= 4 is 16.8 Å². The second kappa shape index (κ2) is 6.71. The van der Waals surface area contributed by atoms with E-state index in [1.807, 2.05) is 50.2 Å². The van der Waals surface area contributed by atoms with Crippen LogP contribution in [-0.2, 0) is 13.0 Å². The average molecular weight is 351 g/mol. The number of aromatic amines is 1. The molecule has 0 aliphatic carbocycles. The third-order valence-electron chi connectivity index (χ3n) is 4.50. The zero-order valence-electron chi connectivity index (χ0n) is 14.8. The molecule has 2 aromatic carbocycles. The molecule has 2 heterocycles. The topological polar surface area (TPSA) is 76.2 Å². The van der Waals surface area contributed by atoms with Crippen molar-refractivity contribution in [3.63, 3.8) is 0 Å². The third kappa shape index (κ3) is 2.98. The lowest BCUT2D eigenvalue weighted by Gasteiger charge is -2.13. The molecule has 3 aromatic rings. The highest BCUT2D eigenvalue weighted by Gasteiger charge is 2.22. The number of fused-ring (bicyclic) bond motifs is 2. The van der Waals surface area contributed by atoms with Crippen LogP contribution in [-0.4, -0.2) is 28.8 Å². The van der Waals surface area contributed by atoms with Gasteiger partial charge in [-0.05, 0) is 32.0 Å². The van der Waals surface area contributed by atoms with Gasteiger partial charge >= 0.3 is 0 Å². The van der Waals surface area contributed by atoms with E-state index in [-0.39, 0.29) is 12.0 Å². The Bertz CT molecular complexity index is 964. The number of hydrogen-bond donors (Lipinski definition) is 2. The molecule has 0 saturated heterocycles. The number of H-pyrrole nitrogens is 1. The smallest absolute Gasteiger partial charge is 0.272 e. The third-order valence-corrected chi connectivity index (χ3v) is 4.50. The summed E-state index contributed by atoms with van der Waals surface area (Å²) in [7, 11) is 0. The molecule has 0 bridgehead atoms. The van der Waals surface area contributed by atoms with Crippen LogP contribution in [0.4, 0.5) is 0 Å². The lowest BCUT2D eigenvalue weighted by atomic mass is 10.1. The van der Waals surface area contributed by atoms with Gasteiger partial charge in [-0.15, -0.1) is 0 Å². The van der Waals surface area contributed by atoms with Gasteiger partial charge in [0.15, 0.2) is 5.69 Å². The number of amides is 1. The number of hydrogen-bond acceptors (Lipinski definition) is 4. The molecule has 2 N–H and O–H groups in total. The van der Waals surface area contributed by atoms with Crippen LogP contribution in [0.2, 0.25) is 0 Å². The Morgan fingerprint density at radius 1 is 1.38 bits per heavy atom. The van der Waals surface area contributed by atoms with Crippen LogP contribution in [0.5, 0.6) is 11.5 Å². The summed E-state index contributed by atoms with van der Waals surface area (Å²) in [6.07, 6.45) is 1.04. The van der Waals surface area contributed by atoms with Gasteiger partial charge in [-0.3, -0.25) is 9.89 Å². The van der Waals surface area contributed by atoms with Gasteiger partial charge in [0.2, 0.25) is 0 Å². The molecule has 134 valence electrons. The van der Waals surface area contributed by atoms with E-state index in [0.29, 0.717) is 18.8 Å². The molecule has 6 nitrogen and oxygen atoms in total. The van der Waals surface area contributed by atoms with E-state index in [9.17, 15) is 4.79 Å². The van der Waals surface area contributed by atoms with E-state index in [4.69, 9.17) is 9.47 Å². The van der Waals surface area contributed by atoms with Gasteiger partial charge in [0.1, 0.15) is 17.6 Å². The van der Waals surface area contributed by atoms with Crippen LogP contribution in [0, 0.1) is 0 Å². The van der Waals surface area contributed by atoms with Gasteiger partial charge in [-0.2, -0.15) is 5.10 Å². The van der Waals surface area contributed by atoms with E-state index < -0.39 is 0 Å². The Morgan fingerprint density at radius 2 is 2.23 bits per heavy atom. The van der Waals surface area contributed by atoms with Gasteiger partial charge in [0, 0.05) is 29.5 Å². The minimum absolute atomic E-state index is 0.166. The first-order valence-electron chi connectivity index (χ1n) is 8.82. The molecule has 0 radical (unpaired) electrons. The first kappa shape index (κ1) is 16.4. The Morgan fingerprint density at radius 3 is 3.08 bits per heavy atom. The minimum Gasteiger partial charge on any atom is -0.494 e. The molecular formula is C20H21N3O3. The normalized spacial score (nSPS) is 15.5. The van der Waals surface area contributed by atoms with E-state index in [2.05, 4.69) is 15.5 Å². The van der Waals surface area contributed by atoms with Gasteiger partial charge in [-0.25, -0.2) is 0 Å². The quantitative estimate of drug-likeness (QED) is 0.740. The molecular weight excluding hydrogens is 330 g/mol. The summed E-state index contributed by atoms with van der Waals surface area (Å²) >= 11 is 0. The standard InChI is InChI=1S/C20H21N3O3/c1-3-25-17-9-13-8-12(2)26-18(13)10-14(17)11-21-20(24)19-15-6-4-5-7-16(15)22-23-19/h4-7,9-10,12H,3,8,11H2,1-2H3,(H,21,24)(H,22,23)/t12-/m0/s1. The molecule has 1 aliphatic heterocycles. The maximum atomic E-state index is 12.6. The highest BCUT2D eigenvalue weighted by Crippen LogP contribution is 2.35. The Balaban J connectivity index is 1.55. The van der Waals surface area contributed by atoms with Gasteiger partial charge < -0.3 is 14.8 Å². The van der Waals surface area contributed by atoms with E-state index in [1.165, 1.54) is 0 Å². The Hall–Kier alpha value is -3.02. The van der Waals surface area contributed by atoms with Crippen molar-refractivity contribution in [2.45, 2.75) is 32.9 Å². The van der Waals surface area contributed by atoms with E-state index >= 15 is 0 Å². The fourth-order valence-corrected chi connectivity index (χ4v) is 3.31. The summed E-state index contributed by atoms with van der Waals surface area (Å²) in [5.41, 5.74) is 3.28. The number of para-hydroxylation sites is 1. The van der Waals surface area contributed by atoms with Crippen molar-refractivity contribution in [3.8, 4) is 11.5 Å². The van der Waals surface area contributed by atoms with Crippen molar-refractivity contribution < 1.29 is 14.3 Å². The van der Waals surface area contributed by atoms with Gasteiger partial charge in [-0.1, -0.05) is 18.2 Å². The predicted molar refractivity (Wildman–Crippen MR) is 98.7 cm³/mol. The zero-order chi connectivity index (χ0) is 18.1. The molecule has 0 saturated carbocycles. The fourth-order valence-electron chi connectivity index (χ4n) is 3.31. The number of ether oxygens (including phenoxy) is 2. The number of carbonyl (C=O) groups is 1. The summed E-state index contributed by atoms with van der Waals surface area (Å²) in [4.78, 5) is 12.6. The number of benzene rings is 2. The van der Waals surface area contributed by atoms with Gasteiger partial charge in [0.25, 0.3) is 5.91 Å². The summed E-state index contributed by atoms with van der Waals surface area (Å²) in [6, 6.07) is 11.6. The monoisotopic (exact) mass is 351 g/mol. The molecule has 1 atom stereocenters. The van der Waals surface area contributed by atoms with Crippen LogP contribution in [0.15, 0.2) is 36.4 Å². The zero-order valence-corrected chi connectivity index (χ0v) is 14.8. The average Bonchev–Trinajstić information content (AvgIpc) is 3.22. The first-order chi connectivity index (χ1) is 12.7. The van der Waals surface area contributed by atoms with Crippen molar-refractivity contribution in [2.75, 3.05) is 6.61 Å². The van der Waals surface area contributed by atoms with Crippen LogP contribution in [0.3, 0.4) is 0 Å². The lowest BCUT2D eigenvalue weighted by molar-refractivity contribution is 0.0947. The fraction of sp³-hybridized carbons (Fsp3) is 0.300. The van der Waals surface area contributed by atoms with Gasteiger partial charge in [0.05, 0.1) is 12.1 Å². The first-order valence-corrected chi connectivity index (χ1v) is 8.82. The number of aromatic nitrogens is 2. The highest BCUT2D eigenvalue weighted by molar-refractivity contribution is 6.04. The molecule has 4 rings (SSSR count). The second-order valence-corrected chi connectivity index (χ2v) is 6.43. The molecule has 6 heteroatoms. The molecule has 26 heavy (non-hydrogen) atoms. The number of rotatable bonds is 5. The van der Waals surface area contributed by atoms with Crippen molar-refractivity contribution in [1.29, 1.82) is 0 Å². The summed E-state index contributed by atoms with van der Waals surface area (Å²) in [6.45, 7) is 4.91. The largest absolute Gasteiger partial charge is 0.494 e. The summed E-state index contributed by atoms with van der Waals surface area (Å²) in [5.74, 6) is 1.44. The van der Waals surface area contributed by atoms with Crippen LogP contribution < -0.4 is 14.8 Å². The maximum Gasteiger partial charge on any atom is 0.272 e. The second-order valence-electron chi connectivity index (χ2n) is 6.43. The molecule has 0 spiro atoms. The molecule has 1 aliphatic rings. The van der Waals surface area contributed by atoms with E-state index in [1.54, 1.807) is 0 Å². The number of nitrogens with one attached hydrogen (secondary N) is 2. The Labute approximate surface area is 151 Å². The lowest BCUT2D eigenvalue weighted by Crippen LogP contribution is -2.23. The minimum atomic E-state index is -0.223. The van der Waals surface area contributed by atoms with Crippen LogP contribution in [0.1, 0.15) is 35.5 Å². The molecule has 1 aromatic heterocycles. The SMILES string of the molecule is CCOc1cc2c(cc1CNC(=O)c1n[nH]c3ccccc13)O[C@@H](C)C2. The Kier molecular flexibility index (Phi) is 4.24. The molecule has 1 amide bonds. The van der Waals surface area contributed by atoms with Crippen molar-refractivity contribution in [3.05, 3.63) is 53.2 Å². The molecule has 0 fully saturated rings. The maximum absolute atomic E-state index is 12.6.